The van der Waals surface area contributed by atoms with E-state index < -0.39 is 15.4 Å². The van der Waals surface area contributed by atoms with Gasteiger partial charge in [0, 0.05) is 49.0 Å². The Bertz CT molecular complexity index is 1240. The molecular weight excluding hydrogens is 448 g/mol. The maximum Gasteiger partial charge on any atom is 0.245 e. The van der Waals surface area contributed by atoms with Crippen molar-refractivity contribution in [2.45, 2.75) is 36.0 Å². The van der Waals surface area contributed by atoms with E-state index in [-0.39, 0.29) is 23.9 Å². The molecule has 2 aliphatic rings. The van der Waals surface area contributed by atoms with E-state index in [1.165, 1.54) is 10.5 Å². The monoisotopic (exact) mass is 472 g/mol. The van der Waals surface area contributed by atoms with Crippen molar-refractivity contribution in [3.05, 3.63) is 59.4 Å². The van der Waals surface area contributed by atoms with Gasteiger partial charge in [0.25, 0.3) is 0 Å². The molecule has 2 aromatic heterocycles. The van der Waals surface area contributed by atoms with Crippen molar-refractivity contribution in [1.82, 2.24) is 19.2 Å². The average Bonchev–Trinajstić information content (AvgIpc) is 3.48. The highest BCUT2D eigenvalue weighted by Gasteiger charge is 2.46. The fraction of sp³-hybridized carbons (Fsp3) is 0.391. The van der Waals surface area contributed by atoms with Gasteiger partial charge in [-0.15, -0.1) is 0 Å². The Balaban J connectivity index is 1.35. The number of hydrogen-bond acceptors (Lipinski definition) is 4. The van der Waals surface area contributed by atoms with E-state index in [0.717, 1.165) is 31.2 Å². The van der Waals surface area contributed by atoms with Crippen LogP contribution in [0.1, 0.15) is 31.2 Å². The minimum Gasteiger partial charge on any atom is -0.345 e. The molecule has 1 N–H and O–H groups in total. The van der Waals surface area contributed by atoms with E-state index in [2.05, 4.69) is 9.97 Å². The number of aromatic amines is 1. The van der Waals surface area contributed by atoms with Gasteiger partial charge in [0.1, 0.15) is 10.5 Å². The second-order valence-corrected chi connectivity index (χ2v) is 10.9. The summed E-state index contributed by atoms with van der Waals surface area (Å²) in [5.41, 5.74) is 1.02. The first kappa shape index (κ1) is 21.4. The minimum absolute atomic E-state index is 0.102. The molecule has 2 fully saturated rings. The van der Waals surface area contributed by atoms with Gasteiger partial charge in [-0.25, -0.2) is 13.4 Å². The summed E-state index contributed by atoms with van der Waals surface area (Å²) in [5.74, 6) is 0.102. The molecule has 7 nitrogen and oxygen atoms in total. The number of sulfonamides is 1. The van der Waals surface area contributed by atoms with Crippen LogP contribution in [0.25, 0.3) is 11.0 Å². The molecule has 0 unspecified atom stereocenters. The number of benzene rings is 1. The van der Waals surface area contributed by atoms with E-state index in [4.69, 9.17) is 11.6 Å². The van der Waals surface area contributed by atoms with Crippen molar-refractivity contribution < 1.29 is 13.2 Å². The van der Waals surface area contributed by atoms with Crippen molar-refractivity contribution in [2.75, 3.05) is 26.2 Å². The summed E-state index contributed by atoms with van der Waals surface area (Å²) in [6.45, 7) is 1.32. The molecule has 1 saturated heterocycles. The maximum absolute atomic E-state index is 13.7. The van der Waals surface area contributed by atoms with Crippen LogP contribution in [0, 0.1) is 0 Å². The number of H-pyrrole nitrogens is 1. The van der Waals surface area contributed by atoms with Gasteiger partial charge in [0.2, 0.25) is 15.9 Å². The fourth-order valence-corrected chi connectivity index (χ4v) is 6.79. The number of amides is 1. The molecule has 0 atom stereocenters. The third kappa shape index (κ3) is 3.50. The zero-order valence-electron chi connectivity index (χ0n) is 17.6. The Morgan fingerprint density at radius 1 is 1.03 bits per heavy atom. The van der Waals surface area contributed by atoms with E-state index in [0.29, 0.717) is 29.1 Å². The molecule has 3 heterocycles. The number of rotatable bonds is 4. The van der Waals surface area contributed by atoms with Gasteiger partial charge in [-0.1, -0.05) is 36.6 Å². The summed E-state index contributed by atoms with van der Waals surface area (Å²) in [7, 11) is -3.68. The number of piperazine rings is 1. The topological polar surface area (TPSA) is 86.4 Å². The van der Waals surface area contributed by atoms with Crippen LogP contribution in [0.3, 0.4) is 0 Å². The van der Waals surface area contributed by atoms with Crippen molar-refractivity contribution in [1.29, 1.82) is 0 Å². The lowest BCUT2D eigenvalue weighted by Crippen LogP contribution is -2.55. The number of halogens is 1. The summed E-state index contributed by atoms with van der Waals surface area (Å²) < 4.78 is 28.0. The van der Waals surface area contributed by atoms with Crippen molar-refractivity contribution in [3.63, 3.8) is 0 Å². The van der Waals surface area contributed by atoms with Gasteiger partial charge in [-0.2, -0.15) is 4.31 Å². The van der Waals surface area contributed by atoms with E-state index in [9.17, 15) is 13.2 Å². The number of nitrogens with one attached hydrogen (secondary N) is 1. The largest absolute Gasteiger partial charge is 0.345 e. The van der Waals surface area contributed by atoms with Crippen molar-refractivity contribution in [3.8, 4) is 0 Å². The van der Waals surface area contributed by atoms with Crippen LogP contribution >= 0.6 is 11.6 Å². The summed E-state index contributed by atoms with van der Waals surface area (Å²) >= 11 is 6.07. The molecule has 1 aliphatic heterocycles. The predicted molar refractivity (Wildman–Crippen MR) is 123 cm³/mol. The number of nitrogens with zero attached hydrogens (tertiary/aromatic N) is 3. The highest BCUT2D eigenvalue weighted by molar-refractivity contribution is 7.89. The lowest BCUT2D eigenvalue weighted by Gasteiger charge is -2.39. The van der Waals surface area contributed by atoms with Crippen LogP contribution in [0.2, 0.25) is 5.02 Å². The predicted octanol–water partition coefficient (Wildman–Crippen LogP) is 3.56. The van der Waals surface area contributed by atoms with Crippen molar-refractivity contribution in [2.24, 2.45) is 0 Å². The first-order valence-corrected chi connectivity index (χ1v) is 12.7. The van der Waals surface area contributed by atoms with Gasteiger partial charge in [-0.3, -0.25) is 4.79 Å². The third-order valence-corrected chi connectivity index (χ3v) is 9.01. The first-order valence-electron chi connectivity index (χ1n) is 10.9. The smallest absolute Gasteiger partial charge is 0.245 e. The molecule has 168 valence electrons. The van der Waals surface area contributed by atoms with Gasteiger partial charge in [0.15, 0.2) is 0 Å². The molecule has 32 heavy (non-hydrogen) atoms. The minimum atomic E-state index is -3.68. The number of pyridine rings is 1. The van der Waals surface area contributed by atoms with E-state index in [1.54, 1.807) is 18.3 Å². The van der Waals surface area contributed by atoms with Crippen LogP contribution in [-0.2, 0) is 20.2 Å². The Kier molecular flexibility index (Phi) is 5.47. The average molecular weight is 473 g/mol. The van der Waals surface area contributed by atoms with Crippen molar-refractivity contribution >= 4 is 38.6 Å². The maximum atomic E-state index is 13.7. The molecule has 9 heteroatoms. The first-order chi connectivity index (χ1) is 15.4. The van der Waals surface area contributed by atoms with Gasteiger partial charge >= 0.3 is 0 Å². The summed E-state index contributed by atoms with van der Waals surface area (Å²) in [4.78, 5) is 22.9. The Hall–Kier alpha value is -2.42. The molecule has 5 rings (SSSR count). The number of carbonyl (C=O) groups is 1. The fourth-order valence-electron chi connectivity index (χ4n) is 5.09. The van der Waals surface area contributed by atoms with Crippen LogP contribution in [0.5, 0.6) is 0 Å². The number of hydrogen-bond donors (Lipinski definition) is 1. The highest BCUT2D eigenvalue weighted by atomic mass is 35.5. The number of aromatic nitrogens is 2. The lowest BCUT2D eigenvalue weighted by atomic mass is 9.77. The zero-order valence-corrected chi connectivity index (χ0v) is 19.2. The Morgan fingerprint density at radius 2 is 1.72 bits per heavy atom. The zero-order chi connectivity index (χ0) is 22.3. The summed E-state index contributed by atoms with van der Waals surface area (Å²) in [6, 6.07) is 11.1. The van der Waals surface area contributed by atoms with Gasteiger partial charge in [0.05, 0.1) is 5.41 Å². The SMILES string of the molecule is O=C(N1CCN(S(=O)(=O)c2c[nH]c3ncccc23)CC1)C1(c2ccc(Cl)cc2)CCCC1. The number of carbonyl (C=O) groups excluding carboxylic acids is 1. The molecule has 1 aliphatic carbocycles. The number of fused-ring (bicyclic) bond motifs is 1. The highest BCUT2D eigenvalue weighted by Crippen LogP contribution is 2.43. The van der Waals surface area contributed by atoms with Crippen LogP contribution in [-0.4, -0.2) is 59.7 Å². The van der Waals surface area contributed by atoms with Gasteiger partial charge in [-0.05, 0) is 42.7 Å². The molecular formula is C23H25ClN4O3S. The normalized spacial score (nSPS) is 19.5. The quantitative estimate of drug-likeness (QED) is 0.629. The summed E-state index contributed by atoms with van der Waals surface area (Å²) in [6.07, 6.45) is 6.77. The third-order valence-electron chi connectivity index (χ3n) is 6.82. The molecule has 0 bridgehead atoms. The van der Waals surface area contributed by atoms with Crippen LogP contribution in [0.15, 0.2) is 53.7 Å². The van der Waals surface area contributed by atoms with Crippen LogP contribution in [0.4, 0.5) is 0 Å². The molecule has 0 radical (unpaired) electrons. The summed E-state index contributed by atoms with van der Waals surface area (Å²) in [5, 5.41) is 1.24. The Labute approximate surface area is 192 Å². The lowest BCUT2D eigenvalue weighted by molar-refractivity contribution is -0.138. The molecule has 1 aromatic carbocycles. The molecule has 3 aromatic rings. The van der Waals surface area contributed by atoms with E-state index in [1.807, 2.05) is 29.2 Å². The van der Waals surface area contributed by atoms with Crippen LogP contribution < -0.4 is 0 Å². The van der Waals surface area contributed by atoms with E-state index >= 15 is 0 Å². The molecule has 1 amide bonds. The Morgan fingerprint density at radius 3 is 2.41 bits per heavy atom. The molecule has 1 saturated carbocycles. The standard InChI is InChI=1S/C23H25ClN4O3S/c24-18-7-5-17(6-8-18)23(9-1-2-10-23)22(29)27-12-14-28(15-13-27)32(30,31)20-16-26-21-19(20)4-3-11-25-21/h3-8,11,16H,1-2,9-10,12-15H2,(H,25,26). The second kappa shape index (κ2) is 8.17. The second-order valence-electron chi connectivity index (χ2n) is 8.54. The molecule has 0 spiro atoms. The van der Waals surface area contributed by atoms with Gasteiger partial charge < -0.3 is 9.88 Å².